The highest BCUT2D eigenvalue weighted by Gasteiger charge is 2.32. The molecule has 2 saturated carbocycles. The number of nitrogens with one attached hydrogen (secondary N) is 2. The van der Waals surface area contributed by atoms with Crippen molar-refractivity contribution in [1.29, 1.82) is 0 Å². The number of amides is 1. The number of benzene rings is 1. The number of thioether (sulfide) groups is 1. The molecule has 2 heterocycles. The first-order valence-corrected chi connectivity index (χ1v) is 11.8. The fourth-order valence-corrected chi connectivity index (χ4v) is 4.65. The third-order valence-corrected chi connectivity index (χ3v) is 6.95. The van der Waals surface area contributed by atoms with Crippen molar-refractivity contribution in [3.05, 3.63) is 62.1 Å². The van der Waals surface area contributed by atoms with Gasteiger partial charge in [0.25, 0.3) is 5.56 Å². The maximum atomic E-state index is 12.8. The lowest BCUT2D eigenvalue weighted by molar-refractivity contribution is -0.120. The van der Waals surface area contributed by atoms with Crippen molar-refractivity contribution < 1.29 is 4.79 Å². The van der Waals surface area contributed by atoms with Gasteiger partial charge in [0.2, 0.25) is 5.91 Å². The van der Waals surface area contributed by atoms with Crippen molar-refractivity contribution in [1.82, 2.24) is 24.8 Å². The summed E-state index contributed by atoms with van der Waals surface area (Å²) in [7, 11) is 0. The number of H-pyrrole nitrogens is 1. The van der Waals surface area contributed by atoms with Crippen molar-refractivity contribution in [2.45, 2.75) is 68.3 Å². The van der Waals surface area contributed by atoms with Crippen LogP contribution in [0.25, 0.3) is 11.0 Å². The summed E-state index contributed by atoms with van der Waals surface area (Å²) in [5, 5.41) is 3.25. The molecule has 1 unspecified atom stereocenters. The van der Waals surface area contributed by atoms with E-state index in [9.17, 15) is 14.4 Å². The number of aryl methyl sites for hydroxylation is 1. The van der Waals surface area contributed by atoms with Gasteiger partial charge in [-0.15, -0.1) is 0 Å². The van der Waals surface area contributed by atoms with Gasteiger partial charge < -0.3 is 5.32 Å². The molecule has 0 saturated heterocycles. The van der Waals surface area contributed by atoms with E-state index in [-0.39, 0.29) is 17.9 Å². The standard InChI is InChI=1S/C23H25N5O3S/c1-12-3-5-14(6-4-12)11-24-20(29)13(2)32-22-17-19(25-18(26-22)15-7-8-15)28(16-9-10-16)23(31)27-21(17)30/h3-6,13,15-16H,7-11H2,1-2H3,(H,24,29)(H,27,30,31). The first-order valence-electron chi connectivity index (χ1n) is 11.0. The van der Waals surface area contributed by atoms with Crippen molar-refractivity contribution in [3.63, 3.8) is 0 Å². The van der Waals surface area contributed by atoms with Crippen LogP contribution in [-0.4, -0.2) is 30.7 Å². The van der Waals surface area contributed by atoms with Gasteiger partial charge >= 0.3 is 5.69 Å². The van der Waals surface area contributed by atoms with Crippen LogP contribution < -0.4 is 16.6 Å². The molecular weight excluding hydrogens is 426 g/mol. The molecule has 0 radical (unpaired) electrons. The van der Waals surface area contributed by atoms with Crippen LogP contribution in [0.2, 0.25) is 0 Å². The van der Waals surface area contributed by atoms with Crippen LogP contribution in [0.3, 0.4) is 0 Å². The number of aromatic amines is 1. The first kappa shape index (κ1) is 20.9. The molecular formula is C23H25N5O3S. The predicted molar refractivity (Wildman–Crippen MR) is 123 cm³/mol. The molecule has 0 spiro atoms. The molecule has 2 aliphatic rings. The second kappa shape index (κ2) is 8.20. The average Bonchev–Trinajstić information content (AvgIpc) is 3.66. The van der Waals surface area contributed by atoms with Gasteiger partial charge in [-0.05, 0) is 45.1 Å². The second-order valence-electron chi connectivity index (χ2n) is 8.68. The van der Waals surface area contributed by atoms with Gasteiger partial charge in [-0.3, -0.25) is 19.1 Å². The number of fused-ring (bicyclic) bond motifs is 1. The zero-order chi connectivity index (χ0) is 22.4. The SMILES string of the molecule is Cc1ccc(CNC(=O)C(C)Sc2nc(C3CC3)nc3c2c(=O)[nH]c(=O)n3C2CC2)cc1. The zero-order valence-electron chi connectivity index (χ0n) is 18.1. The second-order valence-corrected chi connectivity index (χ2v) is 10.0. The van der Waals surface area contributed by atoms with Crippen LogP contribution in [-0.2, 0) is 11.3 Å². The Bertz CT molecular complexity index is 1310. The maximum Gasteiger partial charge on any atom is 0.330 e. The summed E-state index contributed by atoms with van der Waals surface area (Å²) in [5.74, 6) is 0.778. The predicted octanol–water partition coefficient (Wildman–Crippen LogP) is 2.80. The van der Waals surface area contributed by atoms with E-state index in [2.05, 4.69) is 20.3 Å². The van der Waals surface area contributed by atoms with Crippen molar-refractivity contribution in [3.8, 4) is 0 Å². The summed E-state index contributed by atoms with van der Waals surface area (Å²) >= 11 is 1.24. The van der Waals surface area contributed by atoms with Crippen molar-refractivity contribution in [2.24, 2.45) is 0 Å². The quantitative estimate of drug-likeness (QED) is 0.422. The van der Waals surface area contributed by atoms with Gasteiger partial charge in [0.1, 0.15) is 16.2 Å². The Morgan fingerprint density at radius 1 is 1.19 bits per heavy atom. The molecule has 8 nitrogen and oxygen atoms in total. The van der Waals surface area contributed by atoms with Gasteiger partial charge in [0.05, 0.1) is 5.25 Å². The summed E-state index contributed by atoms with van der Waals surface area (Å²) in [6.45, 7) is 4.25. The number of hydrogen-bond acceptors (Lipinski definition) is 6. The molecule has 2 fully saturated rings. The van der Waals surface area contributed by atoms with Crippen LogP contribution in [0.1, 0.15) is 61.5 Å². The number of rotatable bonds is 7. The molecule has 9 heteroatoms. The highest BCUT2D eigenvalue weighted by Crippen LogP contribution is 2.41. The Morgan fingerprint density at radius 3 is 2.56 bits per heavy atom. The van der Waals surface area contributed by atoms with Crippen molar-refractivity contribution >= 4 is 28.7 Å². The lowest BCUT2D eigenvalue weighted by Gasteiger charge is -2.15. The monoisotopic (exact) mass is 451 g/mol. The number of carbonyl (C=O) groups excluding carboxylic acids is 1. The summed E-state index contributed by atoms with van der Waals surface area (Å²) < 4.78 is 1.59. The van der Waals surface area contributed by atoms with Crippen LogP contribution in [0.4, 0.5) is 0 Å². The van der Waals surface area contributed by atoms with Crippen LogP contribution in [0.15, 0.2) is 38.9 Å². The summed E-state index contributed by atoms with van der Waals surface area (Å²) in [6, 6.07) is 8.07. The maximum absolute atomic E-state index is 12.8. The number of nitrogens with zero attached hydrogens (tertiary/aromatic N) is 3. The average molecular weight is 452 g/mol. The third-order valence-electron chi connectivity index (χ3n) is 5.87. The van der Waals surface area contributed by atoms with Gasteiger partial charge in [-0.25, -0.2) is 14.8 Å². The van der Waals surface area contributed by atoms with E-state index in [1.54, 1.807) is 11.5 Å². The van der Waals surface area contributed by atoms with Crippen LogP contribution >= 0.6 is 11.8 Å². The van der Waals surface area contributed by atoms with Crippen LogP contribution in [0, 0.1) is 6.92 Å². The fourth-order valence-electron chi connectivity index (χ4n) is 3.67. The molecule has 2 aliphatic carbocycles. The Balaban J connectivity index is 1.44. The van der Waals surface area contributed by atoms with Gasteiger partial charge in [0.15, 0.2) is 5.65 Å². The Morgan fingerprint density at radius 2 is 1.91 bits per heavy atom. The van der Waals surface area contributed by atoms with E-state index < -0.39 is 16.5 Å². The van der Waals surface area contributed by atoms with E-state index in [0.29, 0.717) is 28.4 Å². The first-order chi connectivity index (χ1) is 15.4. The Kier molecular flexibility index (Phi) is 5.36. The smallest absolute Gasteiger partial charge is 0.330 e. The van der Waals surface area contributed by atoms with E-state index in [0.717, 1.165) is 31.2 Å². The van der Waals surface area contributed by atoms with E-state index in [1.807, 2.05) is 31.2 Å². The minimum absolute atomic E-state index is 0.0666. The molecule has 32 heavy (non-hydrogen) atoms. The normalized spacial score (nSPS) is 16.8. The summed E-state index contributed by atoms with van der Waals surface area (Å²) in [6.07, 6.45) is 3.78. The highest BCUT2D eigenvalue weighted by molar-refractivity contribution is 8.00. The van der Waals surface area contributed by atoms with Gasteiger partial charge in [0, 0.05) is 18.5 Å². The van der Waals surface area contributed by atoms with Gasteiger partial charge in [-0.2, -0.15) is 0 Å². The fraction of sp³-hybridized carbons (Fsp3) is 0.435. The molecule has 1 amide bonds. The van der Waals surface area contributed by atoms with E-state index in [4.69, 9.17) is 0 Å². The molecule has 0 aliphatic heterocycles. The zero-order valence-corrected chi connectivity index (χ0v) is 18.9. The summed E-state index contributed by atoms with van der Waals surface area (Å²) in [5.41, 5.74) is 1.66. The lowest BCUT2D eigenvalue weighted by Crippen LogP contribution is -2.32. The molecule has 166 valence electrons. The molecule has 0 bridgehead atoms. The van der Waals surface area contributed by atoms with E-state index >= 15 is 0 Å². The Labute approximate surface area is 188 Å². The number of carbonyl (C=O) groups is 1. The highest BCUT2D eigenvalue weighted by atomic mass is 32.2. The molecule has 2 aromatic heterocycles. The Hall–Kier alpha value is -2.94. The van der Waals surface area contributed by atoms with Crippen molar-refractivity contribution in [2.75, 3.05) is 0 Å². The third kappa shape index (κ3) is 4.21. The van der Waals surface area contributed by atoms with E-state index in [1.165, 1.54) is 17.3 Å². The number of hydrogen-bond donors (Lipinski definition) is 2. The molecule has 1 atom stereocenters. The van der Waals surface area contributed by atoms with Crippen LogP contribution in [0.5, 0.6) is 0 Å². The molecule has 1 aromatic carbocycles. The lowest BCUT2D eigenvalue weighted by atomic mass is 10.1. The molecule has 2 N–H and O–H groups in total. The topological polar surface area (TPSA) is 110 Å². The molecule has 5 rings (SSSR count). The van der Waals surface area contributed by atoms with Gasteiger partial charge in [-0.1, -0.05) is 41.6 Å². The minimum atomic E-state index is -0.501. The minimum Gasteiger partial charge on any atom is -0.351 e. The molecule has 3 aromatic rings. The summed E-state index contributed by atoms with van der Waals surface area (Å²) in [4.78, 5) is 49.7. The largest absolute Gasteiger partial charge is 0.351 e. The number of aromatic nitrogens is 4.